The smallest absolute Gasteiger partial charge is 0.0133 e. The highest BCUT2D eigenvalue weighted by Crippen LogP contribution is 2.29. The second kappa shape index (κ2) is 4.45. The van der Waals surface area contributed by atoms with E-state index in [4.69, 9.17) is 0 Å². The molecule has 0 aliphatic heterocycles. The van der Waals surface area contributed by atoms with Gasteiger partial charge in [0.2, 0.25) is 0 Å². The maximum absolute atomic E-state index is 3.86. The molecule has 0 aliphatic carbocycles. The van der Waals surface area contributed by atoms with Crippen molar-refractivity contribution >= 4 is 0 Å². The first-order valence-corrected chi connectivity index (χ1v) is 4.76. The highest BCUT2D eigenvalue weighted by atomic mass is 14.2. The van der Waals surface area contributed by atoms with E-state index in [1.54, 1.807) is 0 Å². The molecule has 74 valence electrons. The molecule has 0 bridgehead atoms. The van der Waals surface area contributed by atoms with E-state index in [0.29, 0.717) is 0 Å². The molecule has 0 N–H and O–H groups in total. The third kappa shape index (κ3) is 4.72. The third-order valence-corrected chi connectivity index (χ3v) is 1.88. The van der Waals surface area contributed by atoms with Gasteiger partial charge in [-0.1, -0.05) is 50.6 Å². The van der Waals surface area contributed by atoms with Gasteiger partial charge in [0, 0.05) is 0 Å². The van der Waals surface area contributed by atoms with E-state index >= 15 is 0 Å². The molecule has 0 heteroatoms. The maximum atomic E-state index is 3.86. The Kier molecular flexibility index (Phi) is 4.19. The minimum absolute atomic E-state index is 0.227. The molecule has 13 heavy (non-hydrogen) atoms. The second-order valence-electron chi connectivity index (χ2n) is 4.84. The van der Waals surface area contributed by atoms with Crippen LogP contribution in [0.2, 0.25) is 0 Å². The summed E-state index contributed by atoms with van der Waals surface area (Å²) in [5.74, 6) is 0. The molecule has 0 aromatic heterocycles. The molecule has 0 saturated carbocycles. The summed E-state index contributed by atoms with van der Waals surface area (Å²) in [5, 5.41) is 0. The predicted molar refractivity (Wildman–Crippen MR) is 61.8 cm³/mol. The molecule has 0 radical (unpaired) electrons. The Morgan fingerprint density at radius 3 is 1.69 bits per heavy atom. The molecule has 0 aromatic rings. The van der Waals surface area contributed by atoms with Crippen LogP contribution in [-0.2, 0) is 0 Å². The number of rotatable bonds is 2. The molecule has 0 nitrogen and oxygen atoms in total. The summed E-state index contributed by atoms with van der Waals surface area (Å²) in [6.07, 6.45) is 4.26. The molecule has 0 aromatic carbocycles. The summed E-state index contributed by atoms with van der Waals surface area (Å²) in [6.45, 7) is 16.9. The quantitative estimate of drug-likeness (QED) is 0.546. The van der Waals surface area contributed by atoms with Gasteiger partial charge < -0.3 is 0 Å². The van der Waals surface area contributed by atoms with Gasteiger partial charge in [-0.05, 0) is 31.8 Å². The summed E-state index contributed by atoms with van der Waals surface area (Å²) in [6, 6.07) is 0. The van der Waals surface area contributed by atoms with E-state index in [1.807, 2.05) is 6.92 Å². The SMILES string of the molecule is C=C(C)/C=C/C(=C(C)C)C(C)(C)C. The fraction of sp³-hybridized carbons (Fsp3) is 0.538. The molecule has 0 heterocycles. The summed E-state index contributed by atoms with van der Waals surface area (Å²) in [4.78, 5) is 0. The molecule has 0 rings (SSSR count). The fourth-order valence-corrected chi connectivity index (χ4v) is 1.39. The molecule has 0 unspecified atom stereocenters. The summed E-state index contributed by atoms with van der Waals surface area (Å²) >= 11 is 0. The van der Waals surface area contributed by atoms with E-state index in [-0.39, 0.29) is 5.41 Å². The van der Waals surface area contributed by atoms with Crippen LogP contribution in [0, 0.1) is 5.41 Å². The van der Waals surface area contributed by atoms with Crippen molar-refractivity contribution in [3.8, 4) is 0 Å². The monoisotopic (exact) mass is 178 g/mol. The maximum Gasteiger partial charge on any atom is -0.0133 e. The predicted octanol–water partition coefficient (Wildman–Crippen LogP) is 4.50. The Morgan fingerprint density at radius 1 is 1.00 bits per heavy atom. The van der Waals surface area contributed by atoms with Gasteiger partial charge in [-0.15, -0.1) is 0 Å². The van der Waals surface area contributed by atoms with Crippen LogP contribution in [0.15, 0.2) is 35.5 Å². The van der Waals surface area contributed by atoms with Crippen LogP contribution < -0.4 is 0 Å². The Hall–Kier alpha value is -0.780. The van der Waals surface area contributed by atoms with Gasteiger partial charge in [-0.25, -0.2) is 0 Å². The van der Waals surface area contributed by atoms with Crippen LogP contribution in [0.3, 0.4) is 0 Å². The van der Waals surface area contributed by atoms with E-state index in [2.05, 4.69) is 53.3 Å². The van der Waals surface area contributed by atoms with Crippen molar-refractivity contribution in [2.45, 2.75) is 41.5 Å². The van der Waals surface area contributed by atoms with E-state index in [0.717, 1.165) is 5.57 Å². The second-order valence-corrected chi connectivity index (χ2v) is 4.84. The highest BCUT2D eigenvalue weighted by molar-refractivity contribution is 5.32. The molecule has 0 atom stereocenters. The lowest BCUT2D eigenvalue weighted by Gasteiger charge is -2.22. The van der Waals surface area contributed by atoms with Gasteiger partial charge in [0.25, 0.3) is 0 Å². The lowest BCUT2D eigenvalue weighted by molar-refractivity contribution is 0.512. The molecule has 0 aliphatic rings. The Labute approximate surface area is 83.0 Å². The first kappa shape index (κ1) is 12.2. The van der Waals surface area contributed by atoms with Crippen molar-refractivity contribution in [1.82, 2.24) is 0 Å². The van der Waals surface area contributed by atoms with Crippen LogP contribution in [0.5, 0.6) is 0 Å². The lowest BCUT2D eigenvalue weighted by atomic mass is 9.83. The van der Waals surface area contributed by atoms with Gasteiger partial charge >= 0.3 is 0 Å². The standard InChI is InChI=1S/C13H22/c1-10(2)8-9-12(11(3)4)13(5,6)7/h8-9H,1H2,2-7H3/b9-8+. The summed E-state index contributed by atoms with van der Waals surface area (Å²) in [5.41, 5.74) is 4.11. The summed E-state index contributed by atoms with van der Waals surface area (Å²) < 4.78 is 0. The van der Waals surface area contributed by atoms with Crippen molar-refractivity contribution in [1.29, 1.82) is 0 Å². The van der Waals surface area contributed by atoms with Gasteiger partial charge in [-0.2, -0.15) is 0 Å². The number of hydrogen-bond acceptors (Lipinski definition) is 0. The topological polar surface area (TPSA) is 0 Å². The summed E-state index contributed by atoms with van der Waals surface area (Å²) in [7, 11) is 0. The minimum atomic E-state index is 0.227. The van der Waals surface area contributed by atoms with Gasteiger partial charge in [0.1, 0.15) is 0 Å². The Balaban J connectivity index is 4.89. The van der Waals surface area contributed by atoms with Gasteiger partial charge in [0.15, 0.2) is 0 Å². The van der Waals surface area contributed by atoms with Crippen molar-refractivity contribution in [3.05, 3.63) is 35.5 Å². The largest absolute Gasteiger partial charge is 0.0961 e. The average molecular weight is 178 g/mol. The lowest BCUT2D eigenvalue weighted by Crippen LogP contribution is -2.08. The first-order chi connectivity index (χ1) is 5.75. The van der Waals surface area contributed by atoms with Crippen molar-refractivity contribution in [3.63, 3.8) is 0 Å². The number of hydrogen-bond donors (Lipinski definition) is 0. The van der Waals surface area contributed by atoms with E-state index < -0.39 is 0 Å². The third-order valence-electron chi connectivity index (χ3n) is 1.88. The molecular formula is C13H22. The number of allylic oxidation sites excluding steroid dienone is 5. The molecular weight excluding hydrogens is 156 g/mol. The molecule has 0 saturated heterocycles. The van der Waals surface area contributed by atoms with Gasteiger partial charge in [0.05, 0.1) is 0 Å². The molecule has 0 amide bonds. The van der Waals surface area contributed by atoms with Crippen LogP contribution in [0.4, 0.5) is 0 Å². The first-order valence-electron chi connectivity index (χ1n) is 4.76. The van der Waals surface area contributed by atoms with E-state index in [9.17, 15) is 0 Å². The zero-order valence-electron chi connectivity index (χ0n) is 9.86. The highest BCUT2D eigenvalue weighted by Gasteiger charge is 2.15. The van der Waals surface area contributed by atoms with E-state index in [1.165, 1.54) is 11.1 Å². The normalized spacial score (nSPS) is 11.8. The zero-order chi connectivity index (χ0) is 10.6. The minimum Gasteiger partial charge on any atom is -0.0961 e. The van der Waals surface area contributed by atoms with Crippen LogP contribution >= 0.6 is 0 Å². The van der Waals surface area contributed by atoms with Crippen molar-refractivity contribution in [2.24, 2.45) is 5.41 Å². The van der Waals surface area contributed by atoms with Gasteiger partial charge in [-0.3, -0.25) is 0 Å². The zero-order valence-corrected chi connectivity index (χ0v) is 9.86. The molecule has 0 spiro atoms. The van der Waals surface area contributed by atoms with Crippen LogP contribution in [0.1, 0.15) is 41.5 Å². The molecule has 0 fully saturated rings. The Morgan fingerprint density at radius 2 is 1.46 bits per heavy atom. The van der Waals surface area contributed by atoms with Crippen molar-refractivity contribution < 1.29 is 0 Å². The van der Waals surface area contributed by atoms with Crippen molar-refractivity contribution in [2.75, 3.05) is 0 Å². The van der Waals surface area contributed by atoms with Crippen LogP contribution in [-0.4, -0.2) is 0 Å². The Bertz CT molecular complexity index is 240. The fourth-order valence-electron chi connectivity index (χ4n) is 1.39. The van der Waals surface area contributed by atoms with Crippen LogP contribution in [0.25, 0.3) is 0 Å². The average Bonchev–Trinajstić information content (AvgIpc) is 1.81.